The van der Waals surface area contributed by atoms with Crippen LogP contribution >= 0.6 is 0 Å². The second kappa shape index (κ2) is 8.55. The van der Waals surface area contributed by atoms with Gasteiger partial charge in [0.05, 0.1) is 19.3 Å². The zero-order valence-corrected chi connectivity index (χ0v) is 16.5. The molecule has 3 rings (SSSR count). The van der Waals surface area contributed by atoms with Crippen molar-refractivity contribution in [2.45, 2.75) is 39.9 Å². The molecular formula is C19H26N4O5. The highest BCUT2D eigenvalue weighted by Crippen LogP contribution is 2.22. The minimum atomic E-state index is -0.773. The average molecular weight is 390 g/mol. The number of benzene rings is 1. The zero-order chi connectivity index (χ0) is 20.3. The Morgan fingerprint density at radius 1 is 1.36 bits per heavy atom. The van der Waals surface area contributed by atoms with E-state index in [0.717, 1.165) is 23.1 Å². The average Bonchev–Trinajstić information content (AvgIpc) is 3.22. The van der Waals surface area contributed by atoms with Crippen molar-refractivity contribution < 1.29 is 19.3 Å². The van der Waals surface area contributed by atoms with Crippen molar-refractivity contribution in [3.05, 3.63) is 45.0 Å². The molecule has 1 aromatic rings. The number of aryl methyl sites for hydroxylation is 2. The van der Waals surface area contributed by atoms with Gasteiger partial charge in [-0.05, 0) is 43.9 Å². The molecule has 9 heteroatoms. The number of hydrazone groups is 1. The molecule has 0 spiro atoms. The van der Waals surface area contributed by atoms with E-state index in [1.54, 1.807) is 4.90 Å². The summed E-state index contributed by atoms with van der Waals surface area (Å²) < 4.78 is 11.0. The maximum Gasteiger partial charge on any atom is 0.417 e. The van der Waals surface area contributed by atoms with Gasteiger partial charge in [-0.15, -0.1) is 0 Å². The van der Waals surface area contributed by atoms with E-state index in [4.69, 9.17) is 9.47 Å². The number of amides is 1. The normalized spacial score (nSPS) is 23.5. The molecular weight excluding hydrogens is 364 g/mol. The summed E-state index contributed by atoms with van der Waals surface area (Å²) in [5.41, 5.74) is 3.15. The lowest BCUT2D eigenvalue weighted by Gasteiger charge is -2.21. The van der Waals surface area contributed by atoms with Crippen LogP contribution in [0.15, 0.2) is 23.3 Å². The van der Waals surface area contributed by atoms with Gasteiger partial charge in [0.15, 0.2) is 5.03 Å². The SMILES string of the molecule is Cc1ccc(COC(=O)N2CCN(CC3COC(C)C3)C2=N[N+](=O)[O-])cc1C. The van der Waals surface area contributed by atoms with Crippen LogP contribution in [0, 0.1) is 29.9 Å². The number of carbonyl (C=O) groups is 1. The van der Waals surface area contributed by atoms with E-state index in [-0.39, 0.29) is 24.6 Å². The summed E-state index contributed by atoms with van der Waals surface area (Å²) in [4.78, 5) is 26.6. The first-order chi connectivity index (χ1) is 13.3. The highest BCUT2D eigenvalue weighted by Gasteiger charge is 2.37. The van der Waals surface area contributed by atoms with E-state index in [9.17, 15) is 14.9 Å². The predicted molar refractivity (Wildman–Crippen MR) is 102 cm³/mol. The Bertz CT molecular complexity index is 782. The maximum absolute atomic E-state index is 12.5. The molecule has 2 aliphatic rings. The Morgan fingerprint density at radius 3 is 2.79 bits per heavy atom. The molecule has 0 aromatic heterocycles. The third kappa shape index (κ3) is 4.78. The van der Waals surface area contributed by atoms with Crippen LogP contribution in [0.4, 0.5) is 4.79 Å². The van der Waals surface area contributed by atoms with Crippen LogP contribution in [0.3, 0.4) is 0 Å². The van der Waals surface area contributed by atoms with Crippen molar-refractivity contribution in [2.75, 3.05) is 26.2 Å². The molecule has 1 amide bonds. The monoisotopic (exact) mass is 390 g/mol. The van der Waals surface area contributed by atoms with Gasteiger partial charge >= 0.3 is 6.09 Å². The van der Waals surface area contributed by atoms with Gasteiger partial charge in [0.25, 0.3) is 5.96 Å². The molecule has 2 unspecified atom stereocenters. The van der Waals surface area contributed by atoms with Gasteiger partial charge in [0, 0.05) is 19.0 Å². The largest absolute Gasteiger partial charge is 0.444 e. The maximum atomic E-state index is 12.5. The van der Waals surface area contributed by atoms with Gasteiger partial charge in [0.2, 0.25) is 0 Å². The van der Waals surface area contributed by atoms with Gasteiger partial charge < -0.3 is 14.4 Å². The molecule has 2 heterocycles. The van der Waals surface area contributed by atoms with E-state index in [1.165, 1.54) is 4.90 Å². The third-order valence-corrected chi connectivity index (χ3v) is 5.20. The van der Waals surface area contributed by atoms with Crippen LogP contribution in [-0.4, -0.2) is 59.2 Å². The molecule has 0 aliphatic carbocycles. The van der Waals surface area contributed by atoms with Crippen molar-refractivity contribution in [3.8, 4) is 0 Å². The summed E-state index contributed by atoms with van der Waals surface area (Å²) >= 11 is 0. The number of ether oxygens (including phenoxy) is 2. The molecule has 0 bridgehead atoms. The standard InChI is InChI=1S/C19H26N4O5/c1-13-4-5-16(8-14(13)2)11-28-19(24)22-7-6-21(18(22)20-23(25)26)10-17-9-15(3)27-12-17/h4-5,8,15,17H,6-7,9-12H2,1-3H3. The Hall–Kier alpha value is -2.68. The molecule has 152 valence electrons. The van der Waals surface area contributed by atoms with Crippen molar-refractivity contribution in [3.63, 3.8) is 0 Å². The third-order valence-electron chi connectivity index (χ3n) is 5.20. The van der Waals surface area contributed by atoms with Crippen molar-refractivity contribution >= 4 is 12.1 Å². The lowest BCUT2D eigenvalue weighted by molar-refractivity contribution is -0.486. The van der Waals surface area contributed by atoms with Crippen molar-refractivity contribution in [1.82, 2.24) is 9.80 Å². The molecule has 0 saturated carbocycles. The van der Waals surface area contributed by atoms with Gasteiger partial charge in [0.1, 0.15) is 11.7 Å². The smallest absolute Gasteiger partial charge is 0.417 e. The van der Waals surface area contributed by atoms with Crippen molar-refractivity contribution in [2.24, 2.45) is 11.0 Å². The summed E-state index contributed by atoms with van der Waals surface area (Å²) in [6.45, 7) is 8.09. The fourth-order valence-corrected chi connectivity index (χ4v) is 3.59. The molecule has 2 fully saturated rings. The van der Waals surface area contributed by atoms with Gasteiger partial charge in [-0.1, -0.05) is 18.2 Å². The summed E-state index contributed by atoms with van der Waals surface area (Å²) in [6.07, 6.45) is 0.444. The first-order valence-corrected chi connectivity index (χ1v) is 9.43. The summed E-state index contributed by atoms with van der Waals surface area (Å²) in [5, 5.41) is 13.7. The van der Waals surface area contributed by atoms with Crippen LogP contribution in [0.5, 0.6) is 0 Å². The van der Waals surface area contributed by atoms with E-state index in [1.807, 2.05) is 39.0 Å². The molecule has 2 aliphatic heterocycles. The summed E-state index contributed by atoms with van der Waals surface area (Å²) in [7, 11) is 0. The minimum absolute atomic E-state index is 0.0367. The number of nitrogens with zero attached hydrogens (tertiary/aromatic N) is 4. The molecule has 0 radical (unpaired) electrons. The number of rotatable bonds is 5. The van der Waals surface area contributed by atoms with Crippen LogP contribution in [0.25, 0.3) is 0 Å². The van der Waals surface area contributed by atoms with E-state index >= 15 is 0 Å². The predicted octanol–water partition coefficient (Wildman–Crippen LogP) is 2.53. The Morgan fingerprint density at radius 2 is 2.14 bits per heavy atom. The van der Waals surface area contributed by atoms with Crippen LogP contribution in [-0.2, 0) is 16.1 Å². The van der Waals surface area contributed by atoms with E-state index in [2.05, 4.69) is 5.10 Å². The first-order valence-electron chi connectivity index (χ1n) is 9.43. The Labute approximate surface area is 164 Å². The second-order valence-corrected chi connectivity index (χ2v) is 7.45. The summed E-state index contributed by atoms with van der Waals surface area (Å²) in [6, 6.07) is 5.84. The number of hydrogen-bond donors (Lipinski definition) is 0. The first kappa shape index (κ1) is 20.1. The molecule has 28 heavy (non-hydrogen) atoms. The van der Waals surface area contributed by atoms with Crippen LogP contribution in [0.1, 0.15) is 30.0 Å². The van der Waals surface area contributed by atoms with Gasteiger partial charge in [-0.3, -0.25) is 0 Å². The lowest BCUT2D eigenvalue weighted by atomic mass is 10.1. The highest BCUT2D eigenvalue weighted by molar-refractivity contribution is 5.95. The van der Waals surface area contributed by atoms with Gasteiger partial charge in [-0.25, -0.2) is 19.8 Å². The summed E-state index contributed by atoms with van der Waals surface area (Å²) in [5.74, 6) is 0.299. The van der Waals surface area contributed by atoms with Crippen LogP contribution in [0.2, 0.25) is 0 Å². The Balaban J connectivity index is 1.64. The molecule has 1 aromatic carbocycles. The number of hydrogen-bond acceptors (Lipinski definition) is 5. The fraction of sp³-hybridized carbons (Fsp3) is 0.579. The second-order valence-electron chi connectivity index (χ2n) is 7.45. The fourth-order valence-electron chi connectivity index (χ4n) is 3.59. The highest BCUT2D eigenvalue weighted by atomic mass is 16.7. The topological polar surface area (TPSA) is 97.5 Å². The molecule has 2 atom stereocenters. The Kier molecular flexibility index (Phi) is 6.13. The minimum Gasteiger partial charge on any atom is -0.444 e. The number of guanidine groups is 1. The zero-order valence-electron chi connectivity index (χ0n) is 16.5. The van der Waals surface area contributed by atoms with E-state index < -0.39 is 11.1 Å². The van der Waals surface area contributed by atoms with Crippen molar-refractivity contribution in [1.29, 1.82) is 0 Å². The van der Waals surface area contributed by atoms with Crippen LogP contribution < -0.4 is 0 Å². The molecule has 9 nitrogen and oxygen atoms in total. The lowest BCUT2D eigenvalue weighted by Crippen LogP contribution is -2.40. The van der Waals surface area contributed by atoms with E-state index in [0.29, 0.717) is 26.2 Å². The number of carbonyl (C=O) groups excluding carboxylic acids is 1. The molecule has 0 N–H and O–H groups in total. The van der Waals surface area contributed by atoms with Gasteiger partial charge in [-0.2, -0.15) is 0 Å². The number of nitro groups is 1. The molecule has 2 saturated heterocycles. The quantitative estimate of drug-likeness (QED) is 0.566.